The largest absolute Gasteiger partial charge is 0.493 e. The molecule has 9 heteroatoms. The SMILES string of the molecule is COc1ccc(C(=O)NCc2n[nH]c(=S)n2-c2ccc(F)cc2)cc1OC. The lowest BCUT2D eigenvalue weighted by Crippen LogP contribution is -2.24. The zero-order chi connectivity index (χ0) is 19.4. The number of ether oxygens (including phenoxy) is 2. The lowest BCUT2D eigenvalue weighted by Gasteiger charge is -2.10. The van der Waals surface area contributed by atoms with E-state index < -0.39 is 0 Å². The number of carbonyl (C=O) groups excluding carboxylic acids is 1. The van der Waals surface area contributed by atoms with Crippen LogP contribution in [0.3, 0.4) is 0 Å². The summed E-state index contributed by atoms with van der Waals surface area (Å²) < 4.78 is 25.5. The molecular weight excluding hydrogens is 371 g/mol. The van der Waals surface area contributed by atoms with Crippen LogP contribution in [0.1, 0.15) is 16.2 Å². The van der Waals surface area contributed by atoms with Crippen LogP contribution in [0.25, 0.3) is 5.69 Å². The van der Waals surface area contributed by atoms with Crippen molar-refractivity contribution in [3.8, 4) is 17.2 Å². The van der Waals surface area contributed by atoms with E-state index >= 15 is 0 Å². The molecule has 27 heavy (non-hydrogen) atoms. The Bertz CT molecular complexity index is 1010. The van der Waals surface area contributed by atoms with Gasteiger partial charge < -0.3 is 14.8 Å². The average molecular weight is 388 g/mol. The van der Waals surface area contributed by atoms with E-state index in [1.54, 1.807) is 34.9 Å². The van der Waals surface area contributed by atoms with E-state index in [4.69, 9.17) is 21.7 Å². The fourth-order valence-corrected chi connectivity index (χ4v) is 2.80. The first-order valence-electron chi connectivity index (χ1n) is 7.96. The molecule has 0 aliphatic heterocycles. The number of H-pyrrole nitrogens is 1. The summed E-state index contributed by atoms with van der Waals surface area (Å²) in [6.07, 6.45) is 0. The van der Waals surface area contributed by atoms with Crippen molar-refractivity contribution in [2.75, 3.05) is 14.2 Å². The maximum Gasteiger partial charge on any atom is 0.251 e. The van der Waals surface area contributed by atoms with Crippen LogP contribution >= 0.6 is 12.2 Å². The topological polar surface area (TPSA) is 81.2 Å². The van der Waals surface area contributed by atoms with Gasteiger partial charge in [-0.15, -0.1) is 0 Å². The number of nitrogens with zero attached hydrogens (tertiary/aromatic N) is 2. The molecule has 0 saturated carbocycles. The highest BCUT2D eigenvalue weighted by atomic mass is 32.1. The van der Waals surface area contributed by atoms with Crippen molar-refractivity contribution in [1.82, 2.24) is 20.1 Å². The normalized spacial score (nSPS) is 10.5. The number of hydrogen-bond donors (Lipinski definition) is 2. The molecule has 3 rings (SSSR count). The van der Waals surface area contributed by atoms with Crippen molar-refractivity contribution in [2.24, 2.45) is 0 Å². The summed E-state index contributed by atoms with van der Waals surface area (Å²) >= 11 is 5.23. The fraction of sp³-hybridized carbons (Fsp3) is 0.167. The Morgan fingerprint density at radius 2 is 1.89 bits per heavy atom. The molecule has 1 amide bonds. The van der Waals surface area contributed by atoms with E-state index in [0.29, 0.717) is 33.3 Å². The van der Waals surface area contributed by atoms with E-state index in [1.165, 1.54) is 26.4 Å². The molecule has 0 fully saturated rings. The molecule has 0 aliphatic rings. The fourth-order valence-electron chi connectivity index (χ4n) is 2.54. The van der Waals surface area contributed by atoms with Crippen molar-refractivity contribution in [1.29, 1.82) is 0 Å². The van der Waals surface area contributed by atoms with E-state index in [1.807, 2.05) is 0 Å². The zero-order valence-corrected chi connectivity index (χ0v) is 15.5. The summed E-state index contributed by atoms with van der Waals surface area (Å²) in [4.78, 5) is 12.5. The molecule has 0 bridgehead atoms. The first kappa shape index (κ1) is 18.6. The maximum absolute atomic E-state index is 13.2. The third-order valence-electron chi connectivity index (χ3n) is 3.88. The monoisotopic (exact) mass is 388 g/mol. The predicted octanol–water partition coefficient (Wildman–Crippen LogP) is 3.02. The maximum atomic E-state index is 13.2. The van der Waals surface area contributed by atoms with Gasteiger partial charge in [0, 0.05) is 11.3 Å². The number of rotatable bonds is 6. The highest BCUT2D eigenvalue weighted by molar-refractivity contribution is 7.71. The van der Waals surface area contributed by atoms with Crippen LogP contribution in [0.5, 0.6) is 11.5 Å². The number of halogens is 1. The molecule has 0 aliphatic carbocycles. The number of nitrogens with one attached hydrogen (secondary N) is 2. The molecular formula is C18H17FN4O3S. The second kappa shape index (κ2) is 8.00. The first-order valence-corrected chi connectivity index (χ1v) is 8.36. The van der Waals surface area contributed by atoms with Gasteiger partial charge in [-0.3, -0.25) is 14.5 Å². The molecule has 140 valence electrons. The summed E-state index contributed by atoms with van der Waals surface area (Å²) in [5.41, 5.74) is 1.06. The standard InChI is InChI=1S/C18H17FN4O3S/c1-25-14-8-3-11(9-15(14)26-2)17(24)20-10-16-21-22-18(27)23(16)13-6-4-12(19)5-7-13/h3-9H,10H2,1-2H3,(H,20,24)(H,22,27). The van der Waals surface area contributed by atoms with Gasteiger partial charge in [0.05, 0.1) is 20.8 Å². The minimum atomic E-state index is -0.350. The van der Waals surface area contributed by atoms with E-state index in [9.17, 15) is 9.18 Å². The Balaban J connectivity index is 1.79. The average Bonchev–Trinajstić information content (AvgIpc) is 3.06. The van der Waals surface area contributed by atoms with Gasteiger partial charge in [-0.2, -0.15) is 5.10 Å². The summed E-state index contributed by atoms with van der Waals surface area (Å²) in [6, 6.07) is 10.7. The molecule has 1 heterocycles. The van der Waals surface area contributed by atoms with Crippen LogP contribution in [0.2, 0.25) is 0 Å². The van der Waals surface area contributed by atoms with Crippen LogP contribution in [0.4, 0.5) is 4.39 Å². The van der Waals surface area contributed by atoms with Gasteiger partial charge in [0.15, 0.2) is 22.1 Å². The van der Waals surface area contributed by atoms with Gasteiger partial charge in [-0.1, -0.05) is 0 Å². The lowest BCUT2D eigenvalue weighted by atomic mass is 10.2. The van der Waals surface area contributed by atoms with Crippen LogP contribution < -0.4 is 14.8 Å². The summed E-state index contributed by atoms with van der Waals surface area (Å²) in [6.45, 7) is 0.123. The number of amides is 1. The van der Waals surface area contributed by atoms with Gasteiger partial charge in [-0.05, 0) is 54.7 Å². The number of methoxy groups -OCH3 is 2. The van der Waals surface area contributed by atoms with E-state index in [-0.39, 0.29) is 18.3 Å². The van der Waals surface area contributed by atoms with E-state index in [0.717, 1.165) is 0 Å². The third kappa shape index (κ3) is 3.98. The molecule has 0 spiro atoms. The second-order valence-corrected chi connectivity index (χ2v) is 5.90. The molecule has 1 aromatic heterocycles. The molecule has 0 atom stereocenters. The minimum absolute atomic E-state index is 0.123. The Hall–Kier alpha value is -3.20. The summed E-state index contributed by atoms with van der Waals surface area (Å²) in [5, 5.41) is 9.60. The van der Waals surface area contributed by atoms with Crippen molar-refractivity contribution in [2.45, 2.75) is 6.54 Å². The molecule has 3 aromatic rings. The number of benzene rings is 2. The number of aromatic amines is 1. The lowest BCUT2D eigenvalue weighted by molar-refractivity contribution is 0.0949. The molecule has 0 unspecified atom stereocenters. The number of aromatic nitrogens is 3. The number of carbonyl (C=O) groups is 1. The van der Waals surface area contributed by atoms with Crippen molar-refractivity contribution >= 4 is 18.1 Å². The third-order valence-corrected chi connectivity index (χ3v) is 4.15. The highest BCUT2D eigenvalue weighted by Crippen LogP contribution is 2.27. The Kier molecular flexibility index (Phi) is 5.51. The Labute approximate surface area is 159 Å². The molecule has 0 saturated heterocycles. The van der Waals surface area contributed by atoms with Gasteiger partial charge in [-0.25, -0.2) is 4.39 Å². The van der Waals surface area contributed by atoms with Crippen molar-refractivity contribution in [3.05, 3.63) is 64.4 Å². The summed E-state index contributed by atoms with van der Waals surface area (Å²) in [5.74, 6) is 0.818. The predicted molar refractivity (Wildman–Crippen MR) is 99.4 cm³/mol. The van der Waals surface area contributed by atoms with Crippen LogP contribution in [0, 0.1) is 10.6 Å². The van der Waals surface area contributed by atoms with Gasteiger partial charge >= 0.3 is 0 Å². The Morgan fingerprint density at radius 3 is 2.56 bits per heavy atom. The minimum Gasteiger partial charge on any atom is -0.493 e. The Morgan fingerprint density at radius 1 is 1.19 bits per heavy atom. The highest BCUT2D eigenvalue weighted by Gasteiger charge is 2.13. The van der Waals surface area contributed by atoms with Gasteiger partial charge in [0.25, 0.3) is 5.91 Å². The first-order chi connectivity index (χ1) is 13.0. The van der Waals surface area contributed by atoms with Gasteiger partial charge in [0.2, 0.25) is 0 Å². The smallest absolute Gasteiger partial charge is 0.251 e. The van der Waals surface area contributed by atoms with Crippen LogP contribution in [0.15, 0.2) is 42.5 Å². The van der Waals surface area contributed by atoms with Crippen LogP contribution in [-0.2, 0) is 6.54 Å². The molecule has 0 radical (unpaired) electrons. The summed E-state index contributed by atoms with van der Waals surface area (Å²) in [7, 11) is 3.02. The second-order valence-electron chi connectivity index (χ2n) is 5.51. The zero-order valence-electron chi connectivity index (χ0n) is 14.7. The molecule has 2 aromatic carbocycles. The molecule has 7 nitrogen and oxygen atoms in total. The van der Waals surface area contributed by atoms with Gasteiger partial charge in [0.1, 0.15) is 5.82 Å². The molecule has 2 N–H and O–H groups in total. The van der Waals surface area contributed by atoms with Crippen LogP contribution in [-0.4, -0.2) is 34.9 Å². The van der Waals surface area contributed by atoms with E-state index in [2.05, 4.69) is 15.5 Å². The van der Waals surface area contributed by atoms with Crippen molar-refractivity contribution < 1.29 is 18.7 Å². The van der Waals surface area contributed by atoms with Crippen molar-refractivity contribution in [3.63, 3.8) is 0 Å². The quantitative estimate of drug-likeness (QED) is 0.635. The number of hydrogen-bond acceptors (Lipinski definition) is 5.